The Balaban J connectivity index is 0.00000182. The maximum absolute atomic E-state index is 13.0. The van der Waals surface area contributed by atoms with Crippen molar-refractivity contribution in [2.75, 3.05) is 20.3 Å². The Kier molecular flexibility index (Phi) is 5.43. The average molecular weight is 365 g/mol. The number of rotatable bonds is 5. The summed E-state index contributed by atoms with van der Waals surface area (Å²) in [4.78, 5) is 21.7. The molecule has 3 atom stereocenters. The molecule has 2 aromatic rings. The number of aromatic nitrogens is 3. The van der Waals surface area contributed by atoms with Crippen molar-refractivity contribution in [2.24, 2.45) is 0 Å². The van der Waals surface area contributed by atoms with Gasteiger partial charge in [-0.1, -0.05) is 7.43 Å². The molecule has 0 saturated heterocycles. The van der Waals surface area contributed by atoms with E-state index in [-0.39, 0.29) is 30.9 Å². The predicted octanol–water partition coefficient (Wildman–Crippen LogP) is 1.81. The molecule has 0 aromatic carbocycles. The Labute approximate surface area is 149 Å². The molecule has 0 amide bonds. The third-order valence-corrected chi connectivity index (χ3v) is 6.38. The summed E-state index contributed by atoms with van der Waals surface area (Å²) < 4.78 is 24.9. The van der Waals surface area contributed by atoms with E-state index >= 15 is 0 Å². The lowest BCUT2D eigenvalue weighted by Gasteiger charge is -2.21. The van der Waals surface area contributed by atoms with Gasteiger partial charge in [-0.25, -0.2) is 0 Å². The second-order valence-electron chi connectivity index (χ2n) is 6.16. The Bertz CT molecular complexity index is 825. The number of pyridine rings is 1. The lowest BCUT2D eigenvalue weighted by atomic mass is 10.1. The number of methoxy groups -OCH3 is 1. The van der Waals surface area contributed by atoms with Crippen LogP contribution in [0, 0.1) is 0 Å². The van der Waals surface area contributed by atoms with Gasteiger partial charge >= 0.3 is 5.16 Å². The fourth-order valence-electron chi connectivity index (χ4n) is 3.58. The van der Waals surface area contributed by atoms with Gasteiger partial charge < -0.3 is 14.0 Å². The molecule has 1 fully saturated rings. The monoisotopic (exact) mass is 365 g/mol. The van der Waals surface area contributed by atoms with Crippen LogP contribution in [0.4, 0.5) is 0 Å². The first-order valence-electron chi connectivity index (χ1n) is 8.09. The second-order valence-corrected chi connectivity index (χ2v) is 7.72. The first-order valence-corrected chi connectivity index (χ1v) is 9.30. The van der Waals surface area contributed by atoms with Crippen molar-refractivity contribution in [3.05, 3.63) is 28.2 Å². The van der Waals surface area contributed by atoms with E-state index in [2.05, 4.69) is 9.97 Å². The Morgan fingerprint density at radius 3 is 3.04 bits per heavy atom. The van der Waals surface area contributed by atoms with Crippen LogP contribution in [0.25, 0.3) is 11.0 Å². The van der Waals surface area contributed by atoms with Crippen molar-refractivity contribution < 1.29 is 14.0 Å². The zero-order valence-electron chi connectivity index (χ0n) is 13.4. The second kappa shape index (κ2) is 7.41. The molecular weight excluding hydrogens is 342 g/mol. The quantitative estimate of drug-likeness (QED) is 0.456. The molecule has 25 heavy (non-hydrogen) atoms. The predicted molar refractivity (Wildman–Crippen MR) is 95.1 cm³/mol. The molecule has 7 nitrogen and oxygen atoms in total. The summed E-state index contributed by atoms with van der Waals surface area (Å²) in [5, 5.41) is 1.04. The molecule has 2 aromatic heterocycles. The normalized spacial score (nSPS) is 24.2. The lowest BCUT2D eigenvalue weighted by Crippen LogP contribution is -2.33. The van der Waals surface area contributed by atoms with Gasteiger partial charge in [-0.2, -0.15) is 9.97 Å². The SMILES string of the molecule is C.COCCOCc1cc2cnc3nc2n(c1=O)C1CCCC1[S+]3[O-]. The van der Waals surface area contributed by atoms with E-state index in [4.69, 9.17) is 9.47 Å². The van der Waals surface area contributed by atoms with E-state index in [0.29, 0.717) is 29.6 Å². The van der Waals surface area contributed by atoms with E-state index in [1.54, 1.807) is 23.9 Å². The Hall–Kier alpha value is -1.48. The van der Waals surface area contributed by atoms with E-state index in [9.17, 15) is 9.35 Å². The van der Waals surface area contributed by atoms with Gasteiger partial charge in [-0.3, -0.25) is 9.36 Å². The average Bonchev–Trinajstić information content (AvgIpc) is 3.03. The van der Waals surface area contributed by atoms with Gasteiger partial charge in [0.15, 0.2) is 5.65 Å². The summed E-state index contributed by atoms with van der Waals surface area (Å²) in [6.07, 6.45) is 4.31. The van der Waals surface area contributed by atoms with Gasteiger partial charge in [0.1, 0.15) is 5.25 Å². The van der Waals surface area contributed by atoms with Crippen LogP contribution in [0.3, 0.4) is 0 Å². The maximum Gasteiger partial charge on any atom is 0.345 e. The molecule has 136 valence electrons. The van der Waals surface area contributed by atoms with Crippen molar-refractivity contribution in [1.29, 1.82) is 0 Å². The molecule has 2 bridgehead atoms. The highest BCUT2D eigenvalue weighted by atomic mass is 32.2. The molecule has 1 aliphatic carbocycles. The minimum Gasteiger partial charge on any atom is -0.609 e. The number of nitrogens with zero attached hydrogens (tertiary/aromatic N) is 3. The summed E-state index contributed by atoms with van der Waals surface area (Å²) in [6, 6.07) is 1.71. The molecule has 0 N–H and O–H groups in total. The van der Waals surface area contributed by atoms with Crippen LogP contribution in [0.15, 0.2) is 22.2 Å². The van der Waals surface area contributed by atoms with Crippen molar-refractivity contribution >= 4 is 22.2 Å². The van der Waals surface area contributed by atoms with E-state index in [1.165, 1.54) is 0 Å². The van der Waals surface area contributed by atoms with Gasteiger partial charge in [0.2, 0.25) is 0 Å². The summed E-state index contributed by atoms with van der Waals surface area (Å²) in [5.41, 5.74) is 1.07. The lowest BCUT2D eigenvalue weighted by molar-refractivity contribution is 0.0610. The van der Waals surface area contributed by atoms with Crippen molar-refractivity contribution in [3.63, 3.8) is 0 Å². The molecule has 1 saturated carbocycles. The fraction of sp³-hybridized carbons (Fsp3) is 0.588. The minimum absolute atomic E-state index is 0. The number of hydrogen-bond acceptors (Lipinski definition) is 6. The van der Waals surface area contributed by atoms with Crippen molar-refractivity contribution in [2.45, 2.75) is 49.7 Å². The van der Waals surface area contributed by atoms with Gasteiger partial charge in [0.05, 0.1) is 25.9 Å². The number of fused-ring (bicyclic) bond motifs is 3. The summed E-state index contributed by atoms with van der Waals surface area (Å²) in [7, 11) is 1.61. The van der Waals surface area contributed by atoms with Crippen LogP contribution in [0.2, 0.25) is 0 Å². The standard InChI is InChI=1S/C16H19N3O4S.CH4/c1-22-5-6-23-9-11-7-10-8-17-16-18-14(10)19(15(11)20)12-3-2-4-13(12)24(16)21;/h7-8,12-13H,2-6,9H2,1H3;1H4. The largest absolute Gasteiger partial charge is 0.609 e. The fourth-order valence-corrected chi connectivity index (χ4v) is 5.11. The zero-order valence-corrected chi connectivity index (χ0v) is 14.3. The molecule has 0 spiro atoms. The van der Waals surface area contributed by atoms with E-state index in [1.807, 2.05) is 0 Å². The van der Waals surface area contributed by atoms with Gasteiger partial charge in [-0.05, 0) is 25.3 Å². The number of hydrogen-bond donors (Lipinski definition) is 0. The minimum atomic E-state index is -1.26. The molecule has 1 aliphatic heterocycles. The maximum atomic E-state index is 13.0. The highest BCUT2D eigenvalue weighted by molar-refractivity contribution is 7.91. The van der Waals surface area contributed by atoms with Crippen LogP contribution in [0.1, 0.15) is 38.3 Å². The van der Waals surface area contributed by atoms with Gasteiger partial charge in [0.25, 0.3) is 5.56 Å². The summed E-state index contributed by atoms with van der Waals surface area (Å²) in [6.45, 7) is 1.14. The molecular formula is C17H23N3O4S. The van der Waals surface area contributed by atoms with Crippen LogP contribution in [-0.4, -0.2) is 44.7 Å². The summed E-state index contributed by atoms with van der Waals surface area (Å²) in [5.74, 6) is 0. The molecule has 2 aliphatic rings. The first kappa shape index (κ1) is 18.3. The first-order chi connectivity index (χ1) is 11.7. The van der Waals surface area contributed by atoms with Crippen molar-refractivity contribution in [3.8, 4) is 0 Å². The van der Waals surface area contributed by atoms with Crippen LogP contribution in [-0.2, 0) is 27.3 Å². The zero-order chi connectivity index (χ0) is 16.7. The smallest absolute Gasteiger partial charge is 0.345 e. The van der Waals surface area contributed by atoms with Crippen LogP contribution in [0.5, 0.6) is 0 Å². The van der Waals surface area contributed by atoms with Gasteiger partial charge in [0, 0.05) is 35.4 Å². The third kappa shape index (κ3) is 3.08. The third-order valence-electron chi connectivity index (χ3n) is 4.72. The molecule has 3 heterocycles. The van der Waals surface area contributed by atoms with Crippen LogP contribution < -0.4 is 5.56 Å². The highest BCUT2D eigenvalue weighted by Crippen LogP contribution is 2.39. The molecule has 8 heteroatoms. The van der Waals surface area contributed by atoms with Crippen molar-refractivity contribution in [1.82, 2.24) is 14.5 Å². The van der Waals surface area contributed by atoms with Gasteiger partial charge in [-0.15, -0.1) is 0 Å². The Morgan fingerprint density at radius 1 is 1.40 bits per heavy atom. The highest BCUT2D eigenvalue weighted by Gasteiger charge is 2.43. The topological polar surface area (TPSA) is 89.3 Å². The van der Waals surface area contributed by atoms with E-state index in [0.717, 1.165) is 24.6 Å². The number of ether oxygens (including phenoxy) is 2. The summed E-state index contributed by atoms with van der Waals surface area (Å²) >= 11 is -1.26. The molecule has 4 rings (SSSR count). The van der Waals surface area contributed by atoms with Crippen LogP contribution >= 0.6 is 0 Å². The molecule has 0 radical (unpaired) electrons. The van der Waals surface area contributed by atoms with E-state index < -0.39 is 11.2 Å². The Morgan fingerprint density at radius 2 is 2.24 bits per heavy atom. The molecule has 3 unspecified atom stereocenters.